The number of nitrogens with one attached hydrogen (secondary N) is 4. The number of halogens is 3. The molecule has 12 heterocycles. The number of pyridine rings is 3. The topological polar surface area (TPSA) is 132 Å². The summed E-state index contributed by atoms with van der Waals surface area (Å²) in [6.45, 7) is 3.10. The second kappa shape index (κ2) is 25.7. The smallest absolute Gasteiger partial charge is 0.148 e. The number of likely N-dealkylation sites (tertiary alicyclic amines) is 1. The minimum Gasteiger partial charge on any atom is -0.352 e. The number of thiophene rings is 3. The van der Waals surface area contributed by atoms with Gasteiger partial charge in [0.2, 0.25) is 0 Å². The molecule has 3 aliphatic heterocycles. The second-order valence-corrected chi connectivity index (χ2v) is 31.4. The third-order valence-corrected chi connectivity index (χ3v) is 26.3. The van der Waals surface area contributed by atoms with E-state index in [2.05, 4.69) is 105 Å². The van der Waals surface area contributed by atoms with E-state index in [0.717, 1.165) is 98.0 Å². The summed E-state index contributed by atoms with van der Waals surface area (Å²) in [6.07, 6.45) is 30.6. The lowest BCUT2D eigenvalue weighted by Gasteiger charge is -2.43. The Bertz CT molecular complexity index is 4810. The number of rotatable bonds is 9. The average Bonchev–Trinajstić information content (AvgIpc) is 1.65. The van der Waals surface area contributed by atoms with Crippen LogP contribution in [0.1, 0.15) is 131 Å². The molecule has 3 aromatic carbocycles. The molecule has 12 nitrogen and oxygen atoms in total. The van der Waals surface area contributed by atoms with Crippen LogP contribution in [0, 0.1) is 17.5 Å². The van der Waals surface area contributed by atoms with Gasteiger partial charge in [0.15, 0.2) is 0 Å². The predicted octanol–water partition coefficient (Wildman–Crippen LogP) is 20.8. The van der Waals surface area contributed by atoms with E-state index < -0.39 is 0 Å². The molecule has 21 heteroatoms. The Hall–Kier alpha value is -6.79. The molecule has 0 amide bonds. The first-order valence-corrected chi connectivity index (χ1v) is 37.2. The van der Waals surface area contributed by atoms with Crippen molar-refractivity contribution in [3.63, 3.8) is 0 Å². The minimum absolute atomic E-state index is 0. The molecule has 0 bridgehead atoms. The molecule has 0 radical (unpaired) electrons. The highest BCUT2D eigenvalue weighted by molar-refractivity contribution is 7.20. The van der Waals surface area contributed by atoms with Gasteiger partial charge in [-0.25, -0.2) is 43.1 Å². The summed E-state index contributed by atoms with van der Waals surface area (Å²) in [5.41, 5.74) is 15.2. The number of hydrogen-bond acceptors (Lipinski definition) is 18. The van der Waals surface area contributed by atoms with Gasteiger partial charge in [-0.15, -0.1) is 68.0 Å². The van der Waals surface area contributed by atoms with Crippen molar-refractivity contribution >= 4 is 175 Å². The Morgan fingerprint density at radius 1 is 0.484 bits per heavy atom. The molecule has 3 spiro atoms. The van der Waals surface area contributed by atoms with Gasteiger partial charge in [-0.1, -0.05) is 77.4 Å². The number of likely N-dealkylation sites (N-methyl/N-ethyl adjacent to an activating group) is 2. The summed E-state index contributed by atoms with van der Waals surface area (Å²) in [4.78, 5) is 39.0. The number of thiazole rings is 3. The van der Waals surface area contributed by atoms with E-state index in [1.54, 1.807) is 88.0 Å². The van der Waals surface area contributed by atoms with Gasteiger partial charge < -0.3 is 26.2 Å². The monoisotopic (exact) mass is 1350 g/mol. The number of fused-ring (bicyclic) bond motifs is 6. The first-order chi connectivity index (χ1) is 45.0. The van der Waals surface area contributed by atoms with Gasteiger partial charge in [-0.2, -0.15) is 0 Å². The number of anilines is 6. The largest absolute Gasteiger partial charge is 0.352 e. The molecule has 3 aliphatic carbocycles. The average molecular weight is 1360 g/mol. The summed E-state index contributed by atoms with van der Waals surface area (Å²) in [5.74, 6) is -0.224. The van der Waals surface area contributed by atoms with Gasteiger partial charge in [-0.3, -0.25) is 4.90 Å². The van der Waals surface area contributed by atoms with E-state index in [1.165, 1.54) is 163 Å². The van der Waals surface area contributed by atoms with Crippen LogP contribution >= 0.6 is 68.0 Å². The van der Waals surface area contributed by atoms with E-state index in [1.807, 2.05) is 35.7 Å². The van der Waals surface area contributed by atoms with Crippen LogP contribution in [0.2, 0.25) is 0 Å². The molecule has 9 aromatic heterocycles. The van der Waals surface area contributed by atoms with Crippen molar-refractivity contribution < 1.29 is 13.2 Å². The van der Waals surface area contributed by atoms with Gasteiger partial charge in [0, 0.05) is 85.0 Å². The predicted molar refractivity (Wildman–Crippen MR) is 388 cm³/mol. The van der Waals surface area contributed by atoms with Crippen LogP contribution in [-0.4, -0.2) is 90.1 Å². The fraction of sp³-hybridized carbons (Fsp3) is 0.361. The van der Waals surface area contributed by atoms with Gasteiger partial charge in [0.25, 0.3) is 0 Å². The zero-order valence-corrected chi connectivity index (χ0v) is 56.1. The summed E-state index contributed by atoms with van der Waals surface area (Å²) in [6, 6.07) is 22.6. The summed E-state index contributed by atoms with van der Waals surface area (Å²) in [7, 11) is 4.56. The number of benzene rings is 3. The highest BCUT2D eigenvalue weighted by Gasteiger charge is 2.49. The van der Waals surface area contributed by atoms with Crippen LogP contribution in [0.25, 0.3) is 72.4 Å². The van der Waals surface area contributed by atoms with Crippen LogP contribution in [0.15, 0.2) is 120 Å². The van der Waals surface area contributed by atoms with Crippen molar-refractivity contribution in [2.24, 2.45) is 0 Å². The van der Waals surface area contributed by atoms with Crippen molar-refractivity contribution in [1.82, 2.24) is 45.0 Å². The van der Waals surface area contributed by atoms with E-state index in [0.29, 0.717) is 28.5 Å². The summed E-state index contributed by atoms with van der Waals surface area (Å²) < 4.78 is 46.7. The Balaban J connectivity index is 0.000000115. The van der Waals surface area contributed by atoms with Gasteiger partial charge in [0.05, 0.1) is 81.3 Å². The van der Waals surface area contributed by atoms with Gasteiger partial charge in [0.1, 0.15) is 31.9 Å². The molecule has 1 saturated heterocycles. The fourth-order valence-electron chi connectivity index (χ4n) is 15.8. The molecule has 93 heavy (non-hydrogen) atoms. The lowest BCUT2D eigenvalue weighted by molar-refractivity contribution is 0.106. The van der Waals surface area contributed by atoms with Crippen molar-refractivity contribution in [2.75, 3.05) is 49.7 Å². The highest BCUT2D eigenvalue weighted by atomic mass is 32.1. The first kappa shape index (κ1) is 62.3. The maximum atomic E-state index is 14.7. The molecule has 1 unspecified atom stereocenters. The molecule has 3 saturated carbocycles. The molecular formula is C72H73F3N12S6. The lowest BCUT2D eigenvalue weighted by Crippen LogP contribution is -2.46. The number of aromatic nitrogens is 6. The van der Waals surface area contributed by atoms with Gasteiger partial charge >= 0.3 is 0 Å². The van der Waals surface area contributed by atoms with E-state index in [9.17, 15) is 13.2 Å². The fourth-order valence-corrected chi connectivity index (χ4v) is 21.5. The Labute approximate surface area is 563 Å². The molecule has 4 fully saturated rings. The standard InChI is InChI=1S/C24H25FN4S2.C24H23FN4S2.C23H21FN4S2.CH4/c2*1-29-10-6-16(24(29)7-3-2-4-8-24)21-11-15-18(5-9-26-23(15)31-21)28-19-13-20-22(12-17(19)25)30-14-27-20;24-16-11-21-19(26-13-29-21)12-18(16)28-17-5-8-25-22-14(17)10-20(30-22)15-4-9-27-23(15)6-2-1-3-7-23;/h5,9,11-14,16H,2-4,6-8,10H2,1H3,(H,26,28);5-6,9,11-14H,2-4,7-8,10H2,1H3,(H,26,28);4-5,8,10-13,27H,1-3,6-7,9H2,(H,25,28);1H4. The Morgan fingerprint density at radius 2 is 0.935 bits per heavy atom. The van der Waals surface area contributed by atoms with E-state index in [4.69, 9.17) is 0 Å². The zero-order valence-electron chi connectivity index (χ0n) is 51.2. The third-order valence-electron chi connectivity index (χ3n) is 20.6. The summed E-state index contributed by atoms with van der Waals surface area (Å²) in [5, 5.41) is 16.9. The molecule has 1 atom stereocenters. The van der Waals surface area contributed by atoms with Gasteiger partial charge in [-0.05, 0) is 150 Å². The van der Waals surface area contributed by atoms with Crippen LogP contribution < -0.4 is 21.3 Å². The maximum Gasteiger partial charge on any atom is 0.148 e. The molecule has 4 N–H and O–H groups in total. The minimum atomic E-state index is -0.268. The lowest BCUT2D eigenvalue weighted by atomic mass is 9.73. The Morgan fingerprint density at radius 3 is 1.44 bits per heavy atom. The molecule has 6 aliphatic rings. The van der Waals surface area contributed by atoms with Crippen molar-refractivity contribution in [3.05, 3.63) is 152 Å². The number of nitrogens with zero attached hydrogens (tertiary/aromatic N) is 8. The maximum absolute atomic E-state index is 14.7. The van der Waals surface area contributed by atoms with Crippen molar-refractivity contribution in [2.45, 2.75) is 133 Å². The van der Waals surface area contributed by atoms with Crippen molar-refractivity contribution in [1.29, 1.82) is 0 Å². The van der Waals surface area contributed by atoms with Crippen LogP contribution in [0.4, 0.5) is 47.3 Å². The molecule has 12 aromatic rings. The SMILES string of the molecule is C.CN1CC=C(c2cc3c(Nc4cc5ncsc5cc4F)ccnc3s2)C12CCCCC2.CN1CCC(c2cc3c(Nc4cc5ncsc5cc4F)ccnc3s2)C12CCCCC2.Fc1cc2scnc2cc1Nc1ccnc2sc(C3=CCNC34CCCCC4)cc12. The Kier molecular flexibility index (Phi) is 17.3. The third kappa shape index (κ3) is 11.5. The quantitative estimate of drug-likeness (QED) is 0.110. The second-order valence-electron chi connectivity index (χ2n) is 25.6. The zero-order chi connectivity index (χ0) is 62.1. The molecule has 478 valence electrons. The van der Waals surface area contributed by atoms with Crippen molar-refractivity contribution in [3.8, 4) is 0 Å². The first-order valence-electron chi connectivity index (χ1n) is 32.1. The van der Waals surface area contributed by atoms with Crippen LogP contribution in [0.3, 0.4) is 0 Å². The molecule has 18 rings (SSSR count). The molecular weight excluding hydrogens is 1280 g/mol. The number of hydrogen-bond donors (Lipinski definition) is 4. The summed E-state index contributed by atoms with van der Waals surface area (Å²) >= 11 is 9.65. The van der Waals surface area contributed by atoms with E-state index >= 15 is 0 Å². The van der Waals surface area contributed by atoms with E-state index in [-0.39, 0.29) is 36.0 Å². The highest BCUT2D eigenvalue weighted by Crippen LogP contribution is 2.54. The van der Waals surface area contributed by atoms with Crippen LogP contribution in [0.5, 0.6) is 0 Å². The van der Waals surface area contributed by atoms with Crippen LogP contribution in [-0.2, 0) is 0 Å². The normalized spacial score (nSPS) is 19.3.